The minimum absolute atomic E-state index is 0.0117. The largest absolute Gasteiger partial charge is 0.497 e. The highest BCUT2D eigenvalue weighted by Crippen LogP contribution is 2.37. The van der Waals surface area contributed by atoms with Crippen LogP contribution in [0.2, 0.25) is 0 Å². The van der Waals surface area contributed by atoms with Crippen molar-refractivity contribution in [2.75, 3.05) is 25.1 Å². The third-order valence-corrected chi connectivity index (χ3v) is 5.38. The summed E-state index contributed by atoms with van der Waals surface area (Å²) in [5, 5.41) is 22.8. The van der Waals surface area contributed by atoms with Gasteiger partial charge < -0.3 is 9.84 Å². The van der Waals surface area contributed by atoms with E-state index in [1.165, 1.54) is 12.1 Å². The van der Waals surface area contributed by atoms with Crippen LogP contribution in [0.1, 0.15) is 24.8 Å². The van der Waals surface area contributed by atoms with E-state index in [0.717, 1.165) is 43.1 Å². The number of rotatable bonds is 4. The number of nitrogens with zero attached hydrogens (tertiary/aromatic N) is 3. The standard InChI is InChI=1S/C20H22N3O4/c1-27-18-10-8-16(9-11-18)21-14-20(24,22-12-3-2-7-19(21)22)15-5-4-6-17(13-15)23(25)26/h4-6,8-11,13,24H,2-3,7,12,14H2,1H3/q+1. The van der Waals surface area contributed by atoms with Crippen LogP contribution in [0.25, 0.3) is 0 Å². The van der Waals surface area contributed by atoms with Crippen LogP contribution in [0.3, 0.4) is 0 Å². The molecule has 27 heavy (non-hydrogen) atoms. The number of ether oxygens (including phenoxy) is 1. The molecule has 0 saturated heterocycles. The molecule has 2 aromatic carbocycles. The number of methoxy groups -OCH3 is 1. The molecular formula is C20H22N3O4+. The van der Waals surface area contributed by atoms with E-state index >= 15 is 0 Å². The van der Waals surface area contributed by atoms with Gasteiger partial charge in [-0.25, -0.2) is 9.48 Å². The molecular weight excluding hydrogens is 346 g/mol. The van der Waals surface area contributed by atoms with Crippen LogP contribution >= 0.6 is 0 Å². The molecule has 2 heterocycles. The van der Waals surface area contributed by atoms with Gasteiger partial charge in [-0.05, 0) is 37.1 Å². The first-order valence-corrected chi connectivity index (χ1v) is 9.05. The number of nitro benzene ring substituents is 1. The second-order valence-corrected chi connectivity index (χ2v) is 6.93. The lowest BCUT2D eigenvalue weighted by Crippen LogP contribution is -2.41. The lowest BCUT2D eigenvalue weighted by molar-refractivity contribution is -0.661. The maximum Gasteiger partial charge on any atom is 0.271 e. The first kappa shape index (κ1) is 17.5. The predicted molar refractivity (Wildman–Crippen MR) is 101 cm³/mol. The molecule has 0 bridgehead atoms. The molecule has 0 radical (unpaired) electrons. The maximum atomic E-state index is 11.6. The van der Waals surface area contributed by atoms with Gasteiger partial charge >= 0.3 is 0 Å². The molecule has 2 aliphatic heterocycles. The summed E-state index contributed by atoms with van der Waals surface area (Å²) in [6.07, 6.45) is 2.91. The average molecular weight is 368 g/mol. The van der Waals surface area contributed by atoms with Gasteiger partial charge in [-0.15, -0.1) is 0 Å². The fourth-order valence-electron chi connectivity index (χ4n) is 4.01. The zero-order valence-electron chi connectivity index (χ0n) is 15.2. The first-order valence-electron chi connectivity index (χ1n) is 9.05. The number of hydrogen-bond acceptors (Lipinski definition) is 5. The fraction of sp³-hybridized carbons (Fsp3) is 0.350. The number of amidine groups is 1. The summed E-state index contributed by atoms with van der Waals surface area (Å²) in [5.41, 5.74) is 0.218. The molecule has 0 aliphatic carbocycles. The van der Waals surface area contributed by atoms with Crippen molar-refractivity contribution < 1.29 is 19.3 Å². The summed E-state index contributed by atoms with van der Waals surface area (Å²) < 4.78 is 7.24. The van der Waals surface area contributed by atoms with E-state index in [4.69, 9.17) is 4.74 Å². The fourth-order valence-corrected chi connectivity index (χ4v) is 4.01. The molecule has 0 amide bonds. The molecule has 4 rings (SSSR count). The highest BCUT2D eigenvalue weighted by molar-refractivity contribution is 5.96. The summed E-state index contributed by atoms with van der Waals surface area (Å²) in [4.78, 5) is 12.9. The summed E-state index contributed by atoms with van der Waals surface area (Å²) in [6, 6.07) is 14.0. The monoisotopic (exact) mass is 368 g/mol. The molecule has 0 fully saturated rings. The van der Waals surface area contributed by atoms with Crippen LogP contribution in [-0.4, -0.2) is 40.6 Å². The highest BCUT2D eigenvalue weighted by Gasteiger charge is 2.52. The summed E-state index contributed by atoms with van der Waals surface area (Å²) in [5.74, 6) is 1.83. The second kappa shape index (κ2) is 6.66. The first-order chi connectivity index (χ1) is 13.0. The van der Waals surface area contributed by atoms with Gasteiger partial charge in [0.1, 0.15) is 11.4 Å². The zero-order chi connectivity index (χ0) is 19.0. The van der Waals surface area contributed by atoms with Crippen LogP contribution in [0.5, 0.6) is 5.75 Å². The van der Waals surface area contributed by atoms with E-state index in [1.807, 2.05) is 28.8 Å². The number of non-ortho nitro benzene ring substituents is 1. The van der Waals surface area contributed by atoms with Gasteiger partial charge in [0.15, 0.2) is 6.54 Å². The molecule has 1 unspecified atom stereocenters. The van der Waals surface area contributed by atoms with Crippen molar-refractivity contribution >= 4 is 17.2 Å². The van der Waals surface area contributed by atoms with Crippen molar-refractivity contribution in [3.63, 3.8) is 0 Å². The molecule has 2 aromatic rings. The van der Waals surface area contributed by atoms with Crippen LogP contribution in [0.4, 0.5) is 11.4 Å². The molecule has 2 aliphatic rings. The van der Waals surface area contributed by atoms with Crippen molar-refractivity contribution in [1.29, 1.82) is 0 Å². The third-order valence-electron chi connectivity index (χ3n) is 5.38. The Hall–Kier alpha value is -2.93. The Bertz CT molecular complexity index is 910. The van der Waals surface area contributed by atoms with Gasteiger partial charge in [-0.1, -0.05) is 12.1 Å². The molecule has 0 spiro atoms. The Balaban J connectivity index is 1.77. The van der Waals surface area contributed by atoms with E-state index < -0.39 is 10.6 Å². The lowest BCUT2D eigenvalue weighted by atomic mass is 10.0. The number of anilines is 1. The normalized spacial score (nSPS) is 21.9. The van der Waals surface area contributed by atoms with Crippen molar-refractivity contribution in [2.45, 2.75) is 25.0 Å². The number of nitro groups is 1. The van der Waals surface area contributed by atoms with Crippen molar-refractivity contribution in [1.82, 2.24) is 0 Å². The number of aliphatic hydroxyl groups is 1. The topological polar surface area (TPSA) is 78.9 Å². The van der Waals surface area contributed by atoms with E-state index in [0.29, 0.717) is 12.1 Å². The molecule has 0 saturated carbocycles. The number of benzene rings is 2. The van der Waals surface area contributed by atoms with Crippen molar-refractivity contribution in [2.24, 2.45) is 0 Å². The SMILES string of the molecule is COc1ccc(N2CC(O)(c3cccc([N+](=O)[O-])c3)[N+]3=C2CCCC3)cc1. The Morgan fingerprint density at radius 3 is 2.70 bits per heavy atom. The van der Waals surface area contributed by atoms with Gasteiger partial charge in [-0.3, -0.25) is 10.1 Å². The highest BCUT2D eigenvalue weighted by atomic mass is 16.6. The van der Waals surface area contributed by atoms with Gasteiger partial charge in [0.25, 0.3) is 17.2 Å². The number of hydrogen-bond donors (Lipinski definition) is 1. The van der Waals surface area contributed by atoms with E-state index in [9.17, 15) is 15.2 Å². The average Bonchev–Trinajstić information content (AvgIpc) is 3.02. The smallest absolute Gasteiger partial charge is 0.271 e. The Morgan fingerprint density at radius 1 is 1.22 bits per heavy atom. The van der Waals surface area contributed by atoms with E-state index in [-0.39, 0.29) is 5.69 Å². The molecule has 1 atom stereocenters. The molecule has 0 aromatic heterocycles. The minimum atomic E-state index is -1.29. The zero-order valence-corrected chi connectivity index (χ0v) is 15.2. The third kappa shape index (κ3) is 2.94. The van der Waals surface area contributed by atoms with Crippen molar-refractivity contribution in [3.8, 4) is 5.75 Å². The summed E-state index contributed by atoms with van der Waals surface area (Å²) in [6.45, 7) is 1.05. The minimum Gasteiger partial charge on any atom is -0.497 e. The summed E-state index contributed by atoms with van der Waals surface area (Å²) >= 11 is 0. The van der Waals surface area contributed by atoms with Crippen LogP contribution in [0, 0.1) is 10.1 Å². The maximum absolute atomic E-state index is 11.6. The Labute approximate surface area is 157 Å². The Morgan fingerprint density at radius 2 is 2.00 bits per heavy atom. The van der Waals surface area contributed by atoms with Gasteiger partial charge in [-0.2, -0.15) is 0 Å². The van der Waals surface area contributed by atoms with Crippen LogP contribution in [0.15, 0.2) is 48.5 Å². The molecule has 7 heteroatoms. The van der Waals surface area contributed by atoms with E-state index in [1.54, 1.807) is 19.2 Å². The predicted octanol–water partition coefficient (Wildman–Crippen LogP) is 2.86. The van der Waals surface area contributed by atoms with Gasteiger partial charge in [0, 0.05) is 24.1 Å². The molecule has 140 valence electrons. The van der Waals surface area contributed by atoms with Gasteiger partial charge in [0.2, 0.25) is 0 Å². The van der Waals surface area contributed by atoms with Crippen molar-refractivity contribution in [3.05, 3.63) is 64.2 Å². The van der Waals surface area contributed by atoms with Gasteiger partial charge in [0.05, 0.1) is 18.6 Å². The molecule has 1 N–H and O–H groups in total. The summed E-state index contributed by atoms with van der Waals surface area (Å²) in [7, 11) is 1.63. The van der Waals surface area contributed by atoms with Crippen LogP contribution in [-0.2, 0) is 5.72 Å². The second-order valence-electron chi connectivity index (χ2n) is 6.93. The lowest BCUT2D eigenvalue weighted by Gasteiger charge is -2.24. The Kier molecular flexibility index (Phi) is 4.31. The van der Waals surface area contributed by atoms with E-state index in [2.05, 4.69) is 4.90 Å². The van der Waals surface area contributed by atoms with Crippen LogP contribution < -0.4 is 9.64 Å². The molecule has 7 nitrogen and oxygen atoms in total. The number of β-amino-alcohol motifs (C(OH)–C–C–N with tert-alkyl or cyclic N) is 1. The quantitative estimate of drug-likeness (QED) is 0.510.